The molecule has 0 spiro atoms. The van der Waals surface area contributed by atoms with E-state index in [9.17, 15) is 22.8 Å². The standard InChI is InChI=1S/C16H21F3N2O2/c1-3-4-5-10-21(12(2)22)11-15(23)20-14-8-6-13(7-9-14)16(17,18)19/h6-9H,3-5,10-11H2,1-2H3,(H,20,23). The van der Waals surface area contributed by atoms with Gasteiger partial charge >= 0.3 is 6.18 Å². The van der Waals surface area contributed by atoms with Crippen molar-refractivity contribution in [3.05, 3.63) is 29.8 Å². The van der Waals surface area contributed by atoms with Gasteiger partial charge < -0.3 is 10.2 Å². The van der Waals surface area contributed by atoms with Crippen LogP contribution in [0, 0.1) is 0 Å². The fourth-order valence-electron chi connectivity index (χ4n) is 2.02. The number of amides is 2. The summed E-state index contributed by atoms with van der Waals surface area (Å²) in [5, 5.41) is 2.50. The van der Waals surface area contributed by atoms with E-state index in [4.69, 9.17) is 0 Å². The molecule has 0 aliphatic heterocycles. The molecule has 128 valence electrons. The third-order valence-electron chi connectivity index (χ3n) is 3.31. The Hall–Kier alpha value is -2.05. The molecule has 7 heteroatoms. The van der Waals surface area contributed by atoms with Gasteiger partial charge in [0.1, 0.15) is 0 Å². The van der Waals surface area contributed by atoms with Gasteiger partial charge in [0, 0.05) is 19.2 Å². The summed E-state index contributed by atoms with van der Waals surface area (Å²) in [6.45, 7) is 3.80. The van der Waals surface area contributed by atoms with Gasteiger partial charge in [0.2, 0.25) is 11.8 Å². The van der Waals surface area contributed by atoms with Gasteiger partial charge in [-0.2, -0.15) is 13.2 Å². The van der Waals surface area contributed by atoms with E-state index < -0.39 is 17.6 Å². The number of benzene rings is 1. The van der Waals surface area contributed by atoms with E-state index in [2.05, 4.69) is 5.32 Å². The fourth-order valence-corrected chi connectivity index (χ4v) is 2.02. The highest BCUT2D eigenvalue weighted by Crippen LogP contribution is 2.29. The quantitative estimate of drug-likeness (QED) is 0.775. The maximum absolute atomic E-state index is 12.5. The first-order valence-electron chi connectivity index (χ1n) is 7.46. The lowest BCUT2D eigenvalue weighted by atomic mass is 10.2. The Labute approximate surface area is 133 Å². The second-order valence-corrected chi connectivity index (χ2v) is 5.27. The van der Waals surface area contributed by atoms with Gasteiger partial charge in [-0.25, -0.2) is 0 Å². The zero-order chi connectivity index (χ0) is 17.5. The maximum Gasteiger partial charge on any atom is 0.416 e. The molecule has 2 amide bonds. The van der Waals surface area contributed by atoms with Gasteiger partial charge in [-0.3, -0.25) is 9.59 Å². The van der Waals surface area contributed by atoms with Crippen LogP contribution in [0.15, 0.2) is 24.3 Å². The van der Waals surface area contributed by atoms with E-state index in [1.165, 1.54) is 24.0 Å². The van der Waals surface area contributed by atoms with Crippen molar-refractivity contribution < 1.29 is 22.8 Å². The molecule has 0 aliphatic rings. The van der Waals surface area contributed by atoms with Gasteiger partial charge in [0.05, 0.1) is 12.1 Å². The van der Waals surface area contributed by atoms with Crippen molar-refractivity contribution in [3.8, 4) is 0 Å². The molecule has 4 nitrogen and oxygen atoms in total. The molecule has 1 aromatic carbocycles. The number of carbonyl (C=O) groups excluding carboxylic acids is 2. The number of nitrogens with one attached hydrogen (secondary N) is 1. The molecule has 0 aromatic heterocycles. The molecule has 1 rings (SSSR count). The summed E-state index contributed by atoms with van der Waals surface area (Å²) in [4.78, 5) is 24.8. The van der Waals surface area contributed by atoms with Crippen molar-refractivity contribution in [2.24, 2.45) is 0 Å². The Balaban J connectivity index is 2.58. The molecule has 0 fully saturated rings. The van der Waals surface area contributed by atoms with E-state index in [0.717, 1.165) is 31.4 Å². The number of halogens is 3. The van der Waals surface area contributed by atoms with Gasteiger partial charge in [0.15, 0.2) is 0 Å². The van der Waals surface area contributed by atoms with Crippen molar-refractivity contribution in [1.29, 1.82) is 0 Å². The summed E-state index contributed by atoms with van der Waals surface area (Å²) in [6, 6.07) is 4.19. The topological polar surface area (TPSA) is 49.4 Å². The normalized spacial score (nSPS) is 11.2. The molecule has 0 unspecified atom stereocenters. The number of hydrogen-bond donors (Lipinski definition) is 1. The largest absolute Gasteiger partial charge is 0.416 e. The molecule has 0 bridgehead atoms. The summed E-state index contributed by atoms with van der Waals surface area (Å²) in [7, 11) is 0. The van der Waals surface area contributed by atoms with E-state index >= 15 is 0 Å². The Morgan fingerprint density at radius 3 is 2.22 bits per heavy atom. The molecule has 1 aromatic rings. The highest BCUT2D eigenvalue weighted by atomic mass is 19.4. The van der Waals surface area contributed by atoms with Crippen molar-refractivity contribution in [3.63, 3.8) is 0 Å². The van der Waals surface area contributed by atoms with Crippen molar-refractivity contribution in [2.45, 2.75) is 39.3 Å². The number of anilines is 1. The van der Waals surface area contributed by atoms with Crippen LogP contribution in [0.4, 0.5) is 18.9 Å². The molecule has 0 saturated heterocycles. The van der Waals surface area contributed by atoms with E-state index in [0.29, 0.717) is 6.54 Å². The zero-order valence-corrected chi connectivity index (χ0v) is 13.2. The molecule has 0 radical (unpaired) electrons. The maximum atomic E-state index is 12.5. The van der Waals surface area contributed by atoms with Gasteiger partial charge in [0.25, 0.3) is 0 Å². The van der Waals surface area contributed by atoms with Crippen LogP contribution >= 0.6 is 0 Å². The molecular formula is C16H21F3N2O2. The molecule has 0 atom stereocenters. The monoisotopic (exact) mass is 330 g/mol. The summed E-state index contributed by atoms with van der Waals surface area (Å²) in [5.74, 6) is -0.639. The fraction of sp³-hybridized carbons (Fsp3) is 0.500. The van der Waals surface area contributed by atoms with Crippen LogP contribution in [0.1, 0.15) is 38.7 Å². The van der Waals surface area contributed by atoms with Crippen molar-refractivity contribution >= 4 is 17.5 Å². The van der Waals surface area contributed by atoms with Crippen LogP contribution < -0.4 is 5.32 Å². The number of alkyl halides is 3. The first kappa shape index (κ1) is 19.0. The predicted octanol–water partition coefficient (Wildman–Crippen LogP) is 3.68. The molecule has 0 saturated carbocycles. The highest BCUT2D eigenvalue weighted by Gasteiger charge is 2.30. The highest BCUT2D eigenvalue weighted by molar-refractivity contribution is 5.94. The summed E-state index contributed by atoms with van der Waals surface area (Å²) in [5.41, 5.74) is -0.513. The van der Waals surface area contributed by atoms with Crippen molar-refractivity contribution in [1.82, 2.24) is 4.90 Å². The molecule has 23 heavy (non-hydrogen) atoms. The number of carbonyl (C=O) groups is 2. The average Bonchev–Trinajstić information content (AvgIpc) is 2.45. The average molecular weight is 330 g/mol. The minimum atomic E-state index is -4.41. The SMILES string of the molecule is CCCCCN(CC(=O)Nc1ccc(C(F)(F)F)cc1)C(C)=O. The zero-order valence-electron chi connectivity index (χ0n) is 13.2. The smallest absolute Gasteiger partial charge is 0.334 e. The second-order valence-electron chi connectivity index (χ2n) is 5.27. The first-order valence-corrected chi connectivity index (χ1v) is 7.46. The van der Waals surface area contributed by atoms with Crippen molar-refractivity contribution in [2.75, 3.05) is 18.4 Å². The summed E-state index contributed by atoms with van der Waals surface area (Å²) >= 11 is 0. The Morgan fingerprint density at radius 1 is 1.13 bits per heavy atom. The Morgan fingerprint density at radius 2 is 1.74 bits per heavy atom. The number of unbranched alkanes of at least 4 members (excludes halogenated alkanes) is 2. The van der Waals surface area contributed by atoms with Crippen LogP contribution in [0.2, 0.25) is 0 Å². The number of rotatable bonds is 7. The van der Waals surface area contributed by atoms with Gasteiger partial charge in [-0.05, 0) is 30.7 Å². The van der Waals surface area contributed by atoms with E-state index in [1.807, 2.05) is 6.92 Å². The minimum Gasteiger partial charge on any atom is -0.334 e. The van der Waals surface area contributed by atoms with E-state index in [-0.39, 0.29) is 18.1 Å². The van der Waals surface area contributed by atoms with Gasteiger partial charge in [-0.15, -0.1) is 0 Å². The van der Waals surface area contributed by atoms with Crippen LogP contribution in [0.5, 0.6) is 0 Å². The molecule has 0 aliphatic carbocycles. The minimum absolute atomic E-state index is 0.111. The van der Waals surface area contributed by atoms with Crippen LogP contribution in [0.3, 0.4) is 0 Å². The Bertz CT molecular complexity index is 527. The molecule has 0 heterocycles. The summed E-state index contributed by atoms with van der Waals surface area (Å²) < 4.78 is 37.4. The summed E-state index contributed by atoms with van der Waals surface area (Å²) in [6.07, 6.45) is -1.63. The van der Waals surface area contributed by atoms with Crippen LogP contribution in [0.25, 0.3) is 0 Å². The predicted molar refractivity (Wildman–Crippen MR) is 81.9 cm³/mol. The number of nitrogens with zero attached hydrogens (tertiary/aromatic N) is 1. The van der Waals surface area contributed by atoms with Gasteiger partial charge in [-0.1, -0.05) is 19.8 Å². The third kappa shape index (κ3) is 6.71. The first-order chi connectivity index (χ1) is 10.7. The molecular weight excluding hydrogens is 309 g/mol. The molecule has 1 N–H and O–H groups in total. The lowest BCUT2D eigenvalue weighted by Gasteiger charge is -2.20. The second kappa shape index (κ2) is 8.55. The number of hydrogen-bond acceptors (Lipinski definition) is 2. The van der Waals surface area contributed by atoms with Crippen LogP contribution in [-0.2, 0) is 15.8 Å². The lowest BCUT2D eigenvalue weighted by Crippen LogP contribution is -2.37. The lowest BCUT2D eigenvalue weighted by molar-refractivity contribution is -0.137. The Kier molecular flexibility index (Phi) is 7.06. The van der Waals surface area contributed by atoms with Crippen LogP contribution in [-0.4, -0.2) is 29.8 Å². The van der Waals surface area contributed by atoms with E-state index in [1.54, 1.807) is 0 Å². The third-order valence-corrected chi connectivity index (χ3v) is 3.31.